The summed E-state index contributed by atoms with van der Waals surface area (Å²) in [7, 11) is 0. The van der Waals surface area contributed by atoms with E-state index < -0.39 is 6.04 Å². The van der Waals surface area contributed by atoms with Crippen molar-refractivity contribution in [3.8, 4) is 11.1 Å². The minimum absolute atomic E-state index is 0.219. The number of hydrogen-bond acceptors (Lipinski definition) is 7. The number of nitrogens with zero attached hydrogens (tertiary/aromatic N) is 3. The Morgan fingerprint density at radius 3 is 2.64 bits per heavy atom. The van der Waals surface area contributed by atoms with Gasteiger partial charge in [0, 0.05) is 17.5 Å². The molecular weight excluding hydrogens is 458 g/mol. The summed E-state index contributed by atoms with van der Waals surface area (Å²) in [5.74, 6) is -0.746. The molecule has 0 bridgehead atoms. The van der Waals surface area contributed by atoms with Crippen molar-refractivity contribution in [1.29, 1.82) is 0 Å². The molecule has 3 aromatic rings. The van der Waals surface area contributed by atoms with Gasteiger partial charge < -0.3 is 15.5 Å². The summed E-state index contributed by atoms with van der Waals surface area (Å²) in [6.07, 6.45) is 2.38. The van der Waals surface area contributed by atoms with E-state index in [1.54, 1.807) is 29.7 Å². The summed E-state index contributed by atoms with van der Waals surface area (Å²) in [6, 6.07) is 12.7. The summed E-state index contributed by atoms with van der Waals surface area (Å²) < 4.78 is 3.79. The molecule has 3 amide bonds. The van der Waals surface area contributed by atoms with E-state index in [0.29, 0.717) is 28.2 Å². The van der Waals surface area contributed by atoms with Crippen LogP contribution < -0.4 is 10.6 Å². The third-order valence-corrected chi connectivity index (χ3v) is 7.56. The first-order chi connectivity index (χ1) is 15.9. The Morgan fingerprint density at radius 1 is 1.18 bits per heavy atom. The molecule has 8 nitrogen and oxygen atoms in total. The lowest BCUT2D eigenvalue weighted by Crippen LogP contribution is -2.41. The maximum absolute atomic E-state index is 13.5. The van der Waals surface area contributed by atoms with Crippen molar-refractivity contribution < 1.29 is 14.4 Å². The topological polar surface area (TPSA) is 104 Å². The fourth-order valence-electron chi connectivity index (χ4n) is 4.27. The number of carbonyl (C=O) groups excluding carboxylic acids is 3. The second-order valence-electron chi connectivity index (χ2n) is 8.04. The van der Waals surface area contributed by atoms with Gasteiger partial charge in [-0.2, -0.15) is 0 Å². The van der Waals surface area contributed by atoms with Gasteiger partial charge in [-0.05, 0) is 66.5 Å². The molecule has 1 aromatic heterocycles. The normalized spacial score (nSPS) is 19.5. The lowest BCUT2D eigenvalue weighted by atomic mass is 10.0. The fraction of sp³-hybridized carbons (Fsp3) is 0.261. The van der Waals surface area contributed by atoms with Crippen molar-refractivity contribution in [1.82, 2.24) is 19.8 Å². The third kappa shape index (κ3) is 4.00. The Labute approximate surface area is 198 Å². The van der Waals surface area contributed by atoms with Gasteiger partial charge in [-0.15, -0.1) is 16.9 Å². The first-order valence-electron chi connectivity index (χ1n) is 10.4. The number of thioether (sulfide) groups is 1. The first kappa shape index (κ1) is 21.6. The lowest BCUT2D eigenvalue weighted by molar-refractivity contribution is -0.119. The molecule has 2 N–H and O–H groups in total. The van der Waals surface area contributed by atoms with Gasteiger partial charge in [0.15, 0.2) is 0 Å². The number of rotatable bonds is 4. The van der Waals surface area contributed by atoms with E-state index in [1.165, 1.54) is 0 Å². The molecule has 2 atom stereocenters. The number of aromatic nitrogens is 2. The first-order valence-corrected chi connectivity index (χ1v) is 12.4. The van der Waals surface area contributed by atoms with Crippen LogP contribution in [0.5, 0.6) is 0 Å². The zero-order chi connectivity index (χ0) is 23.1. The van der Waals surface area contributed by atoms with Crippen LogP contribution in [0.4, 0.5) is 5.69 Å². The monoisotopic (exact) mass is 479 g/mol. The van der Waals surface area contributed by atoms with Crippen molar-refractivity contribution in [3.63, 3.8) is 0 Å². The van der Waals surface area contributed by atoms with Crippen molar-refractivity contribution in [2.75, 3.05) is 18.1 Å². The van der Waals surface area contributed by atoms with Crippen LogP contribution in [0.25, 0.3) is 11.1 Å². The highest BCUT2D eigenvalue weighted by molar-refractivity contribution is 7.98. The molecule has 33 heavy (non-hydrogen) atoms. The van der Waals surface area contributed by atoms with Gasteiger partial charge in [0.25, 0.3) is 11.8 Å². The number of amides is 3. The molecule has 5 rings (SSSR count). The van der Waals surface area contributed by atoms with E-state index in [1.807, 2.05) is 42.7 Å². The quantitative estimate of drug-likeness (QED) is 0.557. The molecule has 0 aliphatic carbocycles. The van der Waals surface area contributed by atoms with E-state index in [0.717, 1.165) is 27.6 Å². The van der Waals surface area contributed by atoms with Crippen molar-refractivity contribution >= 4 is 46.7 Å². The average Bonchev–Trinajstić information content (AvgIpc) is 3.43. The summed E-state index contributed by atoms with van der Waals surface area (Å²) in [6.45, 7) is 1.99. The minimum atomic E-state index is -0.639. The molecule has 2 aliphatic heterocycles. The van der Waals surface area contributed by atoms with Gasteiger partial charge in [0.2, 0.25) is 5.91 Å². The fourth-order valence-corrected chi connectivity index (χ4v) is 5.24. The van der Waals surface area contributed by atoms with Gasteiger partial charge in [-0.1, -0.05) is 22.7 Å². The zero-order valence-electron chi connectivity index (χ0n) is 18.0. The average molecular weight is 480 g/mol. The molecule has 2 aromatic carbocycles. The van der Waals surface area contributed by atoms with Gasteiger partial charge in [-0.3, -0.25) is 14.4 Å². The maximum atomic E-state index is 13.5. The van der Waals surface area contributed by atoms with E-state index in [-0.39, 0.29) is 30.3 Å². The van der Waals surface area contributed by atoms with Crippen LogP contribution in [-0.2, 0) is 4.79 Å². The maximum Gasteiger partial charge on any atom is 0.265 e. The van der Waals surface area contributed by atoms with Crippen LogP contribution >= 0.6 is 23.3 Å². The largest absolute Gasteiger partial charge is 0.347 e. The molecule has 2 aliphatic rings. The highest BCUT2D eigenvalue weighted by Crippen LogP contribution is 2.33. The molecule has 0 spiro atoms. The number of carbonyl (C=O) groups is 3. The van der Waals surface area contributed by atoms with Crippen molar-refractivity contribution in [3.05, 3.63) is 58.6 Å². The molecule has 2 unspecified atom stereocenters. The van der Waals surface area contributed by atoms with Crippen molar-refractivity contribution in [2.45, 2.75) is 30.3 Å². The summed E-state index contributed by atoms with van der Waals surface area (Å²) >= 11 is 2.70. The summed E-state index contributed by atoms with van der Waals surface area (Å²) in [4.78, 5) is 42.1. The molecule has 0 radical (unpaired) electrons. The number of benzene rings is 2. The predicted octanol–water partition coefficient (Wildman–Crippen LogP) is 3.20. The van der Waals surface area contributed by atoms with Crippen LogP contribution in [0.1, 0.15) is 32.1 Å². The van der Waals surface area contributed by atoms with E-state index in [2.05, 4.69) is 20.2 Å². The summed E-state index contributed by atoms with van der Waals surface area (Å²) in [5.41, 5.74) is 3.42. The highest BCUT2D eigenvalue weighted by Gasteiger charge is 2.43. The molecule has 3 heterocycles. The minimum Gasteiger partial charge on any atom is -0.347 e. The SMILES string of the molecule is CSc1ccc(-c2ccc3c(c2)C(=O)N2CC(NC(=O)c4snnc4C)CC2C(=O)N3)cc1. The number of anilines is 1. The Kier molecular flexibility index (Phi) is 5.63. The van der Waals surface area contributed by atoms with Crippen molar-refractivity contribution in [2.24, 2.45) is 0 Å². The van der Waals surface area contributed by atoms with Gasteiger partial charge >= 0.3 is 0 Å². The Hall–Kier alpha value is -3.24. The molecule has 168 valence electrons. The van der Waals surface area contributed by atoms with Crippen LogP contribution in [0.3, 0.4) is 0 Å². The Morgan fingerprint density at radius 2 is 1.94 bits per heavy atom. The van der Waals surface area contributed by atoms with Crippen LogP contribution in [0.15, 0.2) is 47.4 Å². The third-order valence-electron chi connectivity index (χ3n) is 5.99. The second kappa shape index (κ2) is 8.60. The standard InChI is InChI=1S/C23H21N5O3S2/c1-12-20(33-27-26-12)22(30)24-15-10-19-21(29)25-18-8-5-14(9-17(18)23(31)28(19)11-15)13-3-6-16(32-2)7-4-13/h3-9,15,19H,10-11H2,1-2H3,(H,24,30)(H,25,29). The second-order valence-corrected chi connectivity index (χ2v) is 9.68. The van der Waals surface area contributed by atoms with Crippen LogP contribution in [-0.4, -0.2) is 57.1 Å². The molecular formula is C23H21N5O3S2. The smallest absolute Gasteiger partial charge is 0.265 e. The molecule has 10 heteroatoms. The highest BCUT2D eigenvalue weighted by atomic mass is 32.2. The number of aryl methyl sites for hydroxylation is 1. The van der Waals surface area contributed by atoms with Gasteiger partial charge in [0.1, 0.15) is 10.9 Å². The molecule has 1 fully saturated rings. The Bertz CT molecular complexity index is 1260. The van der Waals surface area contributed by atoms with E-state index >= 15 is 0 Å². The van der Waals surface area contributed by atoms with Gasteiger partial charge in [-0.25, -0.2) is 0 Å². The Balaban J connectivity index is 1.40. The molecule has 0 saturated carbocycles. The van der Waals surface area contributed by atoms with E-state index in [9.17, 15) is 14.4 Å². The summed E-state index contributed by atoms with van der Waals surface area (Å²) in [5, 5.41) is 9.69. The number of fused-ring (bicyclic) bond motifs is 2. The van der Waals surface area contributed by atoms with Crippen LogP contribution in [0.2, 0.25) is 0 Å². The number of hydrogen-bond donors (Lipinski definition) is 2. The molecule has 1 saturated heterocycles. The van der Waals surface area contributed by atoms with Crippen LogP contribution in [0, 0.1) is 6.92 Å². The predicted molar refractivity (Wildman–Crippen MR) is 128 cm³/mol. The zero-order valence-corrected chi connectivity index (χ0v) is 19.6. The van der Waals surface area contributed by atoms with E-state index in [4.69, 9.17) is 0 Å². The number of nitrogens with one attached hydrogen (secondary N) is 2. The van der Waals surface area contributed by atoms with Gasteiger partial charge in [0.05, 0.1) is 16.9 Å². The lowest BCUT2D eigenvalue weighted by Gasteiger charge is -2.20.